The second kappa shape index (κ2) is 5.87. The zero-order valence-corrected chi connectivity index (χ0v) is 11.7. The second-order valence-corrected chi connectivity index (χ2v) is 4.93. The van der Waals surface area contributed by atoms with Crippen molar-refractivity contribution in [2.24, 2.45) is 0 Å². The lowest BCUT2D eigenvalue weighted by Gasteiger charge is -2.16. The first-order valence-electron chi connectivity index (χ1n) is 6.71. The van der Waals surface area contributed by atoms with Gasteiger partial charge in [0.2, 0.25) is 0 Å². The molecule has 2 aromatic rings. The van der Waals surface area contributed by atoms with E-state index in [9.17, 15) is 4.39 Å². The van der Waals surface area contributed by atoms with Crippen LogP contribution in [0.5, 0.6) is 0 Å². The topological polar surface area (TPSA) is 12.0 Å². The Balaban J connectivity index is 2.10. The summed E-state index contributed by atoms with van der Waals surface area (Å²) in [5, 5.41) is 3.39. The van der Waals surface area contributed by atoms with Crippen molar-refractivity contribution in [3.63, 3.8) is 0 Å². The van der Waals surface area contributed by atoms with Crippen molar-refractivity contribution < 1.29 is 4.39 Å². The average molecular weight is 257 g/mol. The van der Waals surface area contributed by atoms with Gasteiger partial charge in [-0.1, -0.05) is 31.2 Å². The third kappa shape index (κ3) is 3.34. The molecule has 1 atom stereocenters. The van der Waals surface area contributed by atoms with Crippen LogP contribution in [-0.4, -0.2) is 0 Å². The molecule has 19 heavy (non-hydrogen) atoms. The van der Waals surface area contributed by atoms with Crippen LogP contribution in [0, 0.1) is 12.7 Å². The molecule has 2 rings (SSSR count). The summed E-state index contributed by atoms with van der Waals surface area (Å²) in [5.74, 6) is -0.146. The van der Waals surface area contributed by atoms with Crippen molar-refractivity contribution in [1.82, 2.24) is 0 Å². The van der Waals surface area contributed by atoms with E-state index in [2.05, 4.69) is 36.5 Å². The molecule has 0 saturated carbocycles. The summed E-state index contributed by atoms with van der Waals surface area (Å²) in [6, 6.07) is 13.9. The summed E-state index contributed by atoms with van der Waals surface area (Å²) in [6.45, 7) is 5.96. The maximum atomic E-state index is 13.5. The lowest BCUT2D eigenvalue weighted by Crippen LogP contribution is -2.07. The fraction of sp³-hybridized carbons (Fsp3) is 0.294. The van der Waals surface area contributed by atoms with E-state index in [0.29, 0.717) is 5.56 Å². The van der Waals surface area contributed by atoms with Gasteiger partial charge in [-0.05, 0) is 55.2 Å². The highest BCUT2D eigenvalue weighted by Gasteiger charge is 2.07. The smallest absolute Gasteiger partial charge is 0.126 e. The van der Waals surface area contributed by atoms with Crippen molar-refractivity contribution in [3.8, 4) is 0 Å². The van der Waals surface area contributed by atoms with E-state index in [-0.39, 0.29) is 11.9 Å². The minimum atomic E-state index is -0.146. The van der Waals surface area contributed by atoms with Gasteiger partial charge in [0, 0.05) is 11.7 Å². The lowest BCUT2D eigenvalue weighted by atomic mass is 10.1. The standard InChI is InChI=1S/C17H20FN/c1-4-14-6-9-16(10-7-14)19-13(3)15-8-5-12(2)17(18)11-15/h5-11,13,19H,4H2,1-3H3. The molecular weight excluding hydrogens is 237 g/mol. The number of halogens is 1. The maximum Gasteiger partial charge on any atom is 0.126 e. The molecule has 2 aromatic carbocycles. The van der Waals surface area contributed by atoms with E-state index in [1.807, 2.05) is 19.1 Å². The van der Waals surface area contributed by atoms with Crippen molar-refractivity contribution in [3.05, 3.63) is 65.0 Å². The number of benzene rings is 2. The van der Waals surface area contributed by atoms with Gasteiger partial charge in [0.05, 0.1) is 0 Å². The number of nitrogens with one attached hydrogen (secondary N) is 1. The summed E-state index contributed by atoms with van der Waals surface area (Å²) in [4.78, 5) is 0. The molecule has 0 heterocycles. The van der Waals surface area contributed by atoms with Crippen LogP contribution in [0.3, 0.4) is 0 Å². The van der Waals surface area contributed by atoms with Crippen LogP contribution in [-0.2, 0) is 6.42 Å². The molecule has 0 bridgehead atoms. The molecule has 0 aliphatic rings. The highest BCUT2D eigenvalue weighted by Crippen LogP contribution is 2.21. The van der Waals surface area contributed by atoms with E-state index >= 15 is 0 Å². The Kier molecular flexibility index (Phi) is 4.20. The van der Waals surface area contributed by atoms with Crippen molar-refractivity contribution >= 4 is 5.69 Å². The number of hydrogen-bond acceptors (Lipinski definition) is 1. The van der Waals surface area contributed by atoms with Crippen molar-refractivity contribution in [1.29, 1.82) is 0 Å². The molecule has 0 aromatic heterocycles. The Labute approximate surface area is 114 Å². The molecular formula is C17H20FN. The molecule has 0 fully saturated rings. The summed E-state index contributed by atoms with van der Waals surface area (Å²) < 4.78 is 13.5. The van der Waals surface area contributed by atoms with E-state index in [4.69, 9.17) is 0 Å². The molecule has 0 aliphatic heterocycles. The van der Waals surface area contributed by atoms with Gasteiger partial charge in [0.15, 0.2) is 0 Å². The first kappa shape index (κ1) is 13.6. The minimum absolute atomic E-state index is 0.0857. The zero-order valence-electron chi connectivity index (χ0n) is 11.7. The molecule has 100 valence electrons. The highest BCUT2D eigenvalue weighted by atomic mass is 19.1. The number of rotatable bonds is 4. The fourth-order valence-corrected chi connectivity index (χ4v) is 2.05. The van der Waals surface area contributed by atoms with Crippen LogP contribution in [0.4, 0.5) is 10.1 Å². The summed E-state index contributed by atoms with van der Waals surface area (Å²) in [6.07, 6.45) is 1.04. The first-order chi connectivity index (χ1) is 9.10. The maximum absolute atomic E-state index is 13.5. The summed E-state index contributed by atoms with van der Waals surface area (Å²) in [7, 11) is 0. The summed E-state index contributed by atoms with van der Waals surface area (Å²) >= 11 is 0. The largest absolute Gasteiger partial charge is 0.379 e. The molecule has 0 spiro atoms. The fourth-order valence-electron chi connectivity index (χ4n) is 2.05. The van der Waals surface area contributed by atoms with Gasteiger partial charge in [0.25, 0.3) is 0 Å². The Morgan fingerprint density at radius 3 is 2.37 bits per heavy atom. The predicted octanol–water partition coefficient (Wildman–Crippen LogP) is 4.87. The van der Waals surface area contributed by atoms with E-state index in [1.165, 1.54) is 5.56 Å². The molecule has 1 unspecified atom stereocenters. The Hall–Kier alpha value is -1.83. The molecule has 0 saturated heterocycles. The van der Waals surface area contributed by atoms with E-state index in [0.717, 1.165) is 17.7 Å². The quantitative estimate of drug-likeness (QED) is 0.824. The lowest BCUT2D eigenvalue weighted by molar-refractivity contribution is 0.614. The highest BCUT2D eigenvalue weighted by molar-refractivity contribution is 5.46. The monoisotopic (exact) mass is 257 g/mol. The Morgan fingerprint density at radius 1 is 1.11 bits per heavy atom. The predicted molar refractivity (Wildman–Crippen MR) is 79.0 cm³/mol. The van der Waals surface area contributed by atoms with Crippen LogP contribution in [0.15, 0.2) is 42.5 Å². The Morgan fingerprint density at radius 2 is 1.79 bits per heavy atom. The van der Waals surface area contributed by atoms with Crippen molar-refractivity contribution in [2.75, 3.05) is 5.32 Å². The molecule has 0 radical (unpaired) electrons. The second-order valence-electron chi connectivity index (χ2n) is 4.93. The average Bonchev–Trinajstić information content (AvgIpc) is 2.42. The first-order valence-corrected chi connectivity index (χ1v) is 6.71. The van der Waals surface area contributed by atoms with E-state index in [1.54, 1.807) is 13.0 Å². The van der Waals surface area contributed by atoms with Gasteiger partial charge in [-0.25, -0.2) is 4.39 Å². The van der Waals surface area contributed by atoms with Gasteiger partial charge in [-0.2, -0.15) is 0 Å². The number of aryl methyl sites for hydroxylation is 2. The van der Waals surface area contributed by atoms with Crippen molar-refractivity contribution in [2.45, 2.75) is 33.2 Å². The molecule has 0 aliphatic carbocycles. The van der Waals surface area contributed by atoms with Crippen LogP contribution < -0.4 is 5.32 Å². The van der Waals surface area contributed by atoms with Gasteiger partial charge < -0.3 is 5.32 Å². The van der Waals surface area contributed by atoms with Gasteiger partial charge >= 0.3 is 0 Å². The van der Waals surface area contributed by atoms with Gasteiger partial charge in [-0.15, -0.1) is 0 Å². The summed E-state index contributed by atoms with van der Waals surface area (Å²) in [5.41, 5.74) is 4.02. The van der Waals surface area contributed by atoms with Crippen LogP contribution in [0.1, 0.15) is 36.6 Å². The zero-order chi connectivity index (χ0) is 13.8. The number of hydrogen-bond donors (Lipinski definition) is 1. The van der Waals surface area contributed by atoms with Crippen LogP contribution in [0.2, 0.25) is 0 Å². The Bertz CT molecular complexity index is 546. The van der Waals surface area contributed by atoms with E-state index < -0.39 is 0 Å². The normalized spacial score (nSPS) is 12.2. The van der Waals surface area contributed by atoms with Crippen LogP contribution in [0.25, 0.3) is 0 Å². The van der Waals surface area contributed by atoms with Gasteiger partial charge in [-0.3, -0.25) is 0 Å². The minimum Gasteiger partial charge on any atom is -0.379 e. The number of anilines is 1. The molecule has 1 N–H and O–H groups in total. The molecule has 0 amide bonds. The molecule has 2 heteroatoms. The third-order valence-corrected chi connectivity index (χ3v) is 3.44. The molecule has 1 nitrogen and oxygen atoms in total. The third-order valence-electron chi connectivity index (χ3n) is 3.44. The van der Waals surface area contributed by atoms with Crippen LogP contribution >= 0.6 is 0 Å². The SMILES string of the molecule is CCc1ccc(NC(C)c2ccc(C)c(F)c2)cc1. The van der Waals surface area contributed by atoms with Gasteiger partial charge in [0.1, 0.15) is 5.82 Å².